The number of methoxy groups -OCH3 is 1. The summed E-state index contributed by atoms with van der Waals surface area (Å²) in [7, 11) is -3.08. The third kappa shape index (κ3) is 6.44. The molecule has 0 saturated heterocycles. The van der Waals surface area contributed by atoms with Gasteiger partial charge in [0.1, 0.15) is 5.75 Å². The van der Waals surface area contributed by atoms with E-state index in [1.165, 1.54) is 11.4 Å². The second kappa shape index (κ2) is 9.19. The van der Waals surface area contributed by atoms with E-state index in [1.807, 2.05) is 0 Å². The number of ether oxygens (including phenoxy) is 1. The predicted octanol–water partition coefficient (Wildman–Crippen LogP) is 2.89. The van der Waals surface area contributed by atoms with Crippen molar-refractivity contribution in [3.63, 3.8) is 0 Å². The van der Waals surface area contributed by atoms with E-state index in [0.29, 0.717) is 17.9 Å². The Morgan fingerprint density at radius 1 is 1.30 bits per heavy atom. The number of anilines is 1. The summed E-state index contributed by atoms with van der Waals surface area (Å²) in [5.41, 5.74) is 0.502. The van der Waals surface area contributed by atoms with Crippen molar-refractivity contribution in [1.29, 1.82) is 0 Å². The molecule has 1 aromatic carbocycles. The standard InChI is InChI=1S/C14H22FNO5S2/c1-3-5-14(23(15,19)20)6-4-11-16(22(17)18)12-7-9-13(21-2)10-8-12/h7-10,14H,3-6,11H2,1-2H3,(H,17,18). The Morgan fingerprint density at radius 2 is 1.91 bits per heavy atom. The minimum atomic E-state index is -4.59. The first-order chi connectivity index (χ1) is 10.8. The molecule has 2 atom stereocenters. The molecule has 0 aliphatic rings. The lowest BCUT2D eigenvalue weighted by Crippen LogP contribution is -2.27. The molecule has 1 N–H and O–H groups in total. The molecule has 0 aromatic heterocycles. The fourth-order valence-corrected chi connectivity index (χ4v) is 3.81. The lowest BCUT2D eigenvalue weighted by molar-refractivity contribution is 0.415. The molecule has 1 rings (SSSR count). The molecule has 0 radical (unpaired) electrons. The van der Waals surface area contributed by atoms with Crippen molar-refractivity contribution in [2.45, 2.75) is 37.9 Å². The maximum Gasteiger partial charge on any atom is 0.305 e. The second-order valence-corrected chi connectivity index (χ2v) is 7.58. The topological polar surface area (TPSA) is 83.9 Å². The maximum atomic E-state index is 13.2. The van der Waals surface area contributed by atoms with Crippen LogP contribution in [0.25, 0.3) is 0 Å². The zero-order valence-corrected chi connectivity index (χ0v) is 14.8. The molecule has 23 heavy (non-hydrogen) atoms. The second-order valence-electron chi connectivity index (χ2n) is 5.06. The Kier molecular flexibility index (Phi) is 7.93. The van der Waals surface area contributed by atoms with Gasteiger partial charge in [-0.25, -0.2) is 4.21 Å². The fraction of sp³-hybridized carbons (Fsp3) is 0.571. The van der Waals surface area contributed by atoms with Gasteiger partial charge in [0.05, 0.1) is 18.0 Å². The van der Waals surface area contributed by atoms with Crippen molar-refractivity contribution in [3.8, 4) is 5.75 Å². The van der Waals surface area contributed by atoms with Crippen LogP contribution in [0.2, 0.25) is 0 Å². The molecule has 1 aromatic rings. The van der Waals surface area contributed by atoms with E-state index >= 15 is 0 Å². The molecule has 6 nitrogen and oxygen atoms in total. The molecular formula is C14H22FNO5S2. The highest BCUT2D eigenvalue weighted by molar-refractivity contribution is 7.87. The van der Waals surface area contributed by atoms with Crippen LogP contribution in [0.1, 0.15) is 32.6 Å². The average molecular weight is 367 g/mol. The third-order valence-corrected chi connectivity index (χ3v) is 5.48. The zero-order valence-electron chi connectivity index (χ0n) is 13.1. The highest BCUT2D eigenvalue weighted by Gasteiger charge is 2.24. The molecule has 0 aliphatic heterocycles. The first kappa shape index (κ1) is 19.9. The van der Waals surface area contributed by atoms with E-state index in [9.17, 15) is 21.1 Å². The molecule has 0 bridgehead atoms. The van der Waals surface area contributed by atoms with Crippen LogP contribution in [-0.2, 0) is 21.5 Å². The average Bonchev–Trinajstić information content (AvgIpc) is 2.49. The van der Waals surface area contributed by atoms with Gasteiger partial charge in [-0.2, -0.15) is 8.42 Å². The summed E-state index contributed by atoms with van der Waals surface area (Å²) in [4.78, 5) is 0. The van der Waals surface area contributed by atoms with Crippen LogP contribution >= 0.6 is 0 Å². The van der Waals surface area contributed by atoms with Gasteiger partial charge in [-0.3, -0.25) is 8.86 Å². The monoisotopic (exact) mass is 367 g/mol. The van der Waals surface area contributed by atoms with Gasteiger partial charge >= 0.3 is 10.2 Å². The number of rotatable bonds is 10. The van der Waals surface area contributed by atoms with E-state index < -0.39 is 26.7 Å². The third-order valence-electron chi connectivity index (χ3n) is 3.45. The zero-order chi connectivity index (χ0) is 17.5. The molecule has 0 saturated carbocycles. The van der Waals surface area contributed by atoms with Gasteiger partial charge in [-0.15, -0.1) is 3.89 Å². The molecule has 0 heterocycles. The molecule has 2 unspecified atom stereocenters. The van der Waals surface area contributed by atoms with Crippen molar-refractivity contribution in [3.05, 3.63) is 24.3 Å². The minimum absolute atomic E-state index is 0.108. The predicted molar refractivity (Wildman–Crippen MR) is 89.1 cm³/mol. The molecule has 132 valence electrons. The van der Waals surface area contributed by atoms with Gasteiger partial charge in [0.2, 0.25) is 0 Å². The van der Waals surface area contributed by atoms with Gasteiger partial charge in [0.15, 0.2) is 0 Å². The molecular weight excluding hydrogens is 345 g/mol. The summed E-state index contributed by atoms with van der Waals surface area (Å²) >= 11 is -2.25. The van der Waals surface area contributed by atoms with Crippen molar-refractivity contribution in [1.82, 2.24) is 0 Å². The highest BCUT2D eigenvalue weighted by Crippen LogP contribution is 2.22. The van der Waals surface area contributed by atoms with Crippen molar-refractivity contribution in [2.24, 2.45) is 0 Å². The van der Waals surface area contributed by atoms with Crippen LogP contribution in [0.3, 0.4) is 0 Å². The number of hydrogen-bond acceptors (Lipinski definition) is 4. The lowest BCUT2D eigenvalue weighted by Gasteiger charge is -2.21. The summed E-state index contributed by atoms with van der Waals surface area (Å²) in [5.74, 6) is 0.615. The Morgan fingerprint density at radius 3 is 2.35 bits per heavy atom. The van der Waals surface area contributed by atoms with Crippen LogP contribution in [0.4, 0.5) is 9.57 Å². The van der Waals surface area contributed by atoms with Crippen LogP contribution < -0.4 is 9.04 Å². The molecule has 0 fully saturated rings. The molecule has 9 heteroatoms. The van der Waals surface area contributed by atoms with Gasteiger partial charge in [-0.1, -0.05) is 13.3 Å². The number of halogens is 1. The Balaban J connectivity index is 2.71. The van der Waals surface area contributed by atoms with E-state index in [0.717, 1.165) is 0 Å². The van der Waals surface area contributed by atoms with E-state index in [1.54, 1.807) is 31.2 Å². The minimum Gasteiger partial charge on any atom is -0.497 e. The highest BCUT2D eigenvalue weighted by atomic mass is 32.3. The van der Waals surface area contributed by atoms with Gasteiger partial charge in [0.25, 0.3) is 11.3 Å². The Labute approximate surface area is 139 Å². The van der Waals surface area contributed by atoms with Gasteiger partial charge in [-0.05, 0) is 43.5 Å². The first-order valence-corrected chi connectivity index (χ1v) is 9.76. The maximum absolute atomic E-state index is 13.2. The summed E-state index contributed by atoms with van der Waals surface area (Å²) in [5, 5.41) is -1.06. The summed E-state index contributed by atoms with van der Waals surface area (Å²) in [6.07, 6.45) is 1.19. The Hall–Kier alpha value is -1.19. The van der Waals surface area contributed by atoms with E-state index in [-0.39, 0.29) is 25.8 Å². The van der Waals surface area contributed by atoms with Crippen LogP contribution in [0.5, 0.6) is 5.75 Å². The summed E-state index contributed by atoms with van der Waals surface area (Å²) in [6.45, 7) is 1.93. The molecule has 0 amide bonds. The fourth-order valence-electron chi connectivity index (χ4n) is 2.26. The van der Waals surface area contributed by atoms with Crippen molar-refractivity contribution in [2.75, 3.05) is 18.0 Å². The van der Waals surface area contributed by atoms with Gasteiger partial charge < -0.3 is 4.74 Å². The summed E-state index contributed by atoms with van der Waals surface area (Å²) < 4.78 is 62.4. The van der Waals surface area contributed by atoms with Crippen molar-refractivity contribution >= 4 is 27.2 Å². The van der Waals surface area contributed by atoms with Crippen molar-refractivity contribution < 1.29 is 25.8 Å². The van der Waals surface area contributed by atoms with E-state index in [4.69, 9.17) is 4.74 Å². The van der Waals surface area contributed by atoms with Crippen LogP contribution in [0.15, 0.2) is 24.3 Å². The van der Waals surface area contributed by atoms with E-state index in [2.05, 4.69) is 0 Å². The van der Waals surface area contributed by atoms with Crippen LogP contribution in [-0.4, -0.2) is 36.1 Å². The quantitative estimate of drug-likeness (QED) is 0.508. The Bertz CT molecular complexity index is 606. The van der Waals surface area contributed by atoms with Crippen LogP contribution in [0, 0.1) is 0 Å². The molecule has 0 spiro atoms. The SMILES string of the molecule is CCCC(CCCN(c1ccc(OC)cc1)S(=O)O)S(=O)(=O)F. The smallest absolute Gasteiger partial charge is 0.305 e. The summed E-state index contributed by atoms with van der Waals surface area (Å²) in [6, 6.07) is 6.56. The number of benzene rings is 1. The van der Waals surface area contributed by atoms with Gasteiger partial charge in [0, 0.05) is 6.54 Å². The number of nitrogens with zero attached hydrogens (tertiary/aromatic N) is 1. The lowest BCUT2D eigenvalue weighted by atomic mass is 10.1. The first-order valence-electron chi connectivity index (χ1n) is 7.25. The largest absolute Gasteiger partial charge is 0.497 e. The number of hydrogen-bond donors (Lipinski definition) is 1. The molecule has 0 aliphatic carbocycles. The normalized spacial score (nSPS) is 14.3.